The Morgan fingerprint density at radius 1 is 1.24 bits per heavy atom. The van der Waals surface area contributed by atoms with Crippen LogP contribution in [0.2, 0.25) is 0 Å². The van der Waals surface area contributed by atoms with Gasteiger partial charge in [-0.05, 0) is 48.4 Å². The fourth-order valence-corrected chi connectivity index (χ4v) is 4.06. The van der Waals surface area contributed by atoms with Gasteiger partial charge >= 0.3 is 0 Å². The van der Waals surface area contributed by atoms with Crippen molar-refractivity contribution < 1.29 is 14.6 Å². The molecule has 3 atom stereocenters. The molecule has 3 fully saturated rings. The van der Waals surface area contributed by atoms with Gasteiger partial charge in [-0.25, -0.2) is 0 Å². The van der Waals surface area contributed by atoms with Crippen LogP contribution in [0.3, 0.4) is 0 Å². The molecule has 3 aliphatic rings. The number of ketones is 1. The topological polar surface area (TPSA) is 46.5 Å². The lowest BCUT2D eigenvalue weighted by Gasteiger charge is -2.62. The van der Waals surface area contributed by atoms with E-state index in [1.54, 1.807) is 14.0 Å². The van der Waals surface area contributed by atoms with Crippen molar-refractivity contribution in [2.24, 2.45) is 17.3 Å². The van der Waals surface area contributed by atoms with Gasteiger partial charge in [-0.1, -0.05) is 26.0 Å². The van der Waals surface area contributed by atoms with Crippen LogP contribution in [0, 0.1) is 17.3 Å². The summed E-state index contributed by atoms with van der Waals surface area (Å²) in [6.45, 7) is 5.96. The van der Waals surface area contributed by atoms with Crippen LogP contribution in [0.4, 0.5) is 0 Å². The lowest BCUT2D eigenvalue weighted by molar-refractivity contribution is -0.180. The zero-order valence-corrected chi connectivity index (χ0v) is 13.0. The summed E-state index contributed by atoms with van der Waals surface area (Å²) >= 11 is 0. The van der Waals surface area contributed by atoms with Gasteiger partial charge in [0.2, 0.25) is 0 Å². The fourth-order valence-electron chi connectivity index (χ4n) is 4.06. The Kier molecular flexibility index (Phi) is 3.03. The van der Waals surface area contributed by atoms with Gasteiger partial charge < -0.3 is 9.84 Å². The van der Waals surface area contributed by atoms with Gasteiger partial charge in [0.15, 0.2) is 5.78 Å². The summed E-state index contributed by atoms with van der Waals surface area (Å²) in [5.41, 5.74) is 0.473. The normalized spacial score (nSPS) is 35.5. The van der Waals surface area contributed by atoms with Gasteiger partial charge in [0, 0.05) is 11.5 Å². The van der Waals surface area contributed by atoms with E-state index in [-0.39, 0.29) is 23.0 Å². The van der Waals surface area contributed by atoms with Crippen LogP contribution >= 0.6 is 0 Å². The Hall–Kier alpha value is -1.61. The average molecular weight is 286 g/mol. The molecule has 0 spiro atoms. The quantitative estimate of drug-likeness (QED) is 0.850. The lowest BCUT2D eigenvalue weighted by Crippen LogP contribution is -2.65. The van der Waals surface area contributed by atoms with E-state index in [4.69, 9.17) is 4.74 Å². The monoisotopic (exact) mass is 286 g/mol. The van der Waals surface area contributed by atoms with Crippen molar-refractivity contribution in [3.8, 4) is 5.75 Å². The summed E-state index contributed by atoms with van der Waals surface area (Å²) < 4.78 is 5.15. The third-order valence-corrected chi connectivity index (χ3v) is 5.48. The number of methoxy groups -OCH3 is 1. The number of hydrogen-bond donors (Lipinski definition) is 1. The van der Waals surface area contributed by atoms with Crippen molar-refractivity contribution in [2.45, 2.75) is 32.8 Å². The summed E-state index contributed by atoms with van der Waals surface area (Å²) in [4.78, 5) is 12.6. The first kappa shape index (κ1) is 14.3. The first-order valence-corrected chi connectivity index (χ1v) is 7.41. The average Bonchev–Trinajstić information content (AvgIpc) is 2.43. The van der Waals surface area contributed by atoms with E-state index in [0.717, 1.165) is 23.3 Å². The van der Waals surface area contributed by atoms with Crippen LogP contribution < -0.4 is 4.74 Å². The highest BCUT2D eigenvalue weighted by Crippen LogP contribution is 2.63. The molecule has 0 radical (unpaired) electrons. The van der Waals surface area contributed by atoms with E-state index < -0.39 is 5.60 Å². The predicted octanol–water partition coefficient (Wildman–Crippen LogP) is 3.07. The van der Waals surface area contributed by atoms with Crippen LogP contribution in [0.1, 0.15) is 32.8 Å². The van der Waals surface area contributed by atoms with E-state index in [9.17, 15) is 9.90 Å². The van der Waals surface area contributed by atoms with Crippen molar-refractivity contribution in [2.75, 3.05) is 7.11 Å². The maximum atomic E-state index is 12.6. The number of ether oxygens (including phenoxy) is 1. The van der Waals surface area contributed by atoms with Crippen molar-refractivity contribution in [1.82, 2.24) is 0 Å². The molecule has 2 bridgehead atoms. The Balaban J connectivity index is 1.99. The molecule has 3 heteroatoms. The van der Waals surface area contributed by atoms with Gasteiger partial charge in [0.1, 0.15) is 11.4 Å². The molecule has 1 aromatic rings. The minimum atomic E-state index is -1.24. The largest absolute Gasteiger partial charge is 0.497 e. The number of carbonyl (C=O) groups excluding carboxylic acids is 1. The second-order valence-electron chi connectivity index (χ2n) is 7.01. The number of carbonyl (C=O) groups is 1. The van der Waals surface area contributed by atoms with E-state index in [0.29, 0.717) is 0 Å². The van der Waals surface area contributed by atoms with E-state index in [1.807, 2.05) is 30.3 Å². The predicted molar refractivity (Wildman–Crippen MR) is 82.0 cm³/mol. The Morgan fingerprint density at radius 3 is 2.38 bits per heavy atom. The first-order valence-electron chi connectivity index (χ1n) is 7.41. The summed E-state index contributed by atoms with van der Waals surface area (Å²) in [7, 11) is 1.63. The summed E-state index contributed by atoms with van der Waals surface area (Å²) in [5, 5.41) is 10.6. The first-order chi connectivity index (χ1) is 9.78. The zero-order chi connectivity index (χ0) is 15.4. The molecule has 0 amide bonds. The van der Waals surface area contributed by atoms with Gasteiger partial charge in [-0.15, -0.1) is 0 Å². The second kappa shape index (κ2) is 4.44. The van der Waals surface area contributed by atoms with E-state index >= 15 is 0 Å². The van der Waals surface area contributed by atoms with E-state index in [1.165, 1.54) is 0 Å². The van der Waals surface area contributed by atoms with Crippen molar-refractivity contribution in [3.63, 3.8) is 0 Å². The highest BCUT2D eigenvalue weighted by Gasteiger charge is 2.65. The van der Waals surface area contributed by atoms with Crippen LogP contribution in [0.15, 0.2) is 29.8 Å². The van der Waals surface area contributed by atoms with Crippen molar-refractivity contribution >= 4 is 11.9 Å². The molecule has 3 saturated carbocycles. The fraction of sp³-hybridized carbons (Fsp3) is 0.500. The number of fused-ring (bicyclic) bond motifs is 2. The molecule has 112 valence electrons. The molecular weight excluding hydrogens is 264 g/mol. The summed E-state index contributed by atoms with van der Waals surface area (Å²) in [6.07, 6.45) is 2.83. The van der Waals surface area contributed by atoms with Gasteiger partial charge in [0.05, 0.1) is 7.11 Å². The van der Waals surface area contributed by atoms with Crippen LogP contribution in [0.5, 0.6) is 5.75 Å². The van der Waals surface area contributed by atoms with Crippen LogP contribution in [-0.4, -0.2) is 23.6 Å². The minimum Gasteiger partial charge on any atom is -0.497 e. The highest BCUT2D eigenvalue weighted by atomic mass is 16.5. The molecule has 3 nitrogen and oxygen atoms in total. The number of Topliss-reactive ketones (excluding diaryl/α,β-unsaturated/α-hetero) is 1. The second-order valence-corrected chi connectivity index (χ2v) is 7.01. The molecule has 21 heavy (non-hydrogen) atoms. The van der Waals surface area contributed by atoms with Gasteiger partial charge in [-0.3, -0.25) is 4.79 Å². The zero-order valence-electron chi connectivity index (χ0n) is 13.0. The van der Waals surface area contributed by atoms with Crippen LogP contribution in [0.25, 0.3) is 6.08 Å². The Bertz CT molecular complexity index is 608. The molecule has 0 aliphatic heterocycles. The lowest BCUT2D eigenvalue weighted by atomic mass is 9.42. The smallest absolute Gasteiger partial charge is 0.190 e. The van der Waals surface area contributed by atoms with Crippen molar-refractivity contribution in [1.29, 1.82) is 0 Å². The highest BCUT2D eigenvalue weighted by molar-refractivity contribution is 6.07. The number of rotatable bonds is 2. The maximum absolute atomic E-state index is 12.6. The molecule has 3 aliphatic carbocycles. The third kappa shape index (κ3) is 1.95. The molecular formula is C18H22O3. The molecule has 3 unspecified atom stereocenters. The number of benzene rings is 1. The summed E-state index contributed by atoms with van der Waals surface area (Å²) in [6, 6.07) is 7.64. The molecule has 0 aromatic heterocycles. The van der Waals surface area contributed by atoms with E-state index in [2.05, 4.69) is 13.8 Å². The standard InChI is InChI=1S/C18H22O3/c1-17(2)14-10-15(17)18(3,20)16(19)13(14)9-11-5-7-12(21-4)8-6-11/h5-9,14-15,20H,10H2,1-4H3. The Morgan fingerprint density at radius 2 is 1.86 bits per heavy atom. The summed E-state index contributed by atoms with van der Waals surface area (Å²) in [5.74, 6) is 0.995. The number of aliphatic hydroxyl groups is 1. The third-order valence-electron chi connectivity index (χ3n) is 5.48. The molecule has 0 heterocycles. The maximum Gasteiger partial charge on any atom is 0.190 e. The molecule has 4 rings (SSSR count). The van der Waals surface area contributed by atoms with Gasteiger partial charge in [0.25, 0.3) is 0 Å². The van der Waals surface area contributed by atoms with Crippen molar-refractivity contribution in [3.05, 3.63) is 35.4 Å². The SMILES string of the molecule is COc1ccc(C=C2C(=O)C(C)(O)C3CC2C3(C)C)cc1. The van der Waals surface area contributed by atoms with Crippen LogP contribution in [-0.2, 0) is 4.79 Å². The van der Waals surface area contributed by atoms with Gasteiger partial charge in [-0.2, -0.15) is 0 Å². The molecule has 0 saturated heterocycles. The molecule has 1 N–H and O–H groups in total. The number of hydrogen-bond acceptors (Lipinski definition) is 3. The Labute approximate surface area is 125 Å². The minimum absolute atomic E-state index is 0.0181. The molecule has 1 aromatic carbocycles.